The maximum atomic E-state index is 11.5. The summed E-state index contributed by atoms with van der Waals surface area (Å²) in [4.78, 5) is 11.5. The van der Waals surface area contributed by atoms with Crippen LogP contribution in [0.2, 0.25) is 0 Å². The highest BCUT2D eigenvalue weighted by molar-refractivity contribution is 7.99. The van der Waals surface area contributed by atoms with Gasteiger partial charge in [-0.2, -0.15) is 4.68 Å². The normalized spacial score (nSPS) is 10.6. The van der Waals surface area contributed by atoms with Crippen LogP contribution < -0.4 is 5.32 Å². The first kappa shape index (κ1) is 14.5. The van der Waals surface area contributed by atoms with Gasteiger partial charge in [-0.1, -0.05) is 23.9 Å². The first-order chi connectivity index (χ1) is 9.63. The topological polar surface area (TPSA) is 72.7 Å². The van der Waals surface area contributed by atoms with Crippen molar-refractivity contribution < 1.29 is 4.79 Å². The number of rotatable bonds is 5. The molecule has 0 aliphatic heterocycles. The van der Waals surface area contributed by atoms with Gasteiger partial charge in [0.2, 0.25) is 11.1 Å². The Bertz CT molecular complexity index is 611. The molecule has 0 bridgehead atoms. The van der Waals surface area contributed by atoms with Crippen LogP contribution in [0.5, 0.6) is 0 Å². The molecule has 0 spiro atoms. The minimum atomic E-state index is -0.0204. The zero-order valence-corrected chi connectivity index (χ0v) is 12.6. The Hall–Kier alpha value is -1.89. The average molecular weight is 291 g/mol. The Morgan fingerprint density at radius 1 is 1.40 bits per heavy atom. The first-order valence-electron chi connectivity index (χ1n) is 6.38. The number of nitrogens with zero attached hydrogens (tertiary/aromatic N) is 4. The summed E-state index contributed by atoms with van der Waals surface area (Å²) < 4.78 is 1.67. The van der Waals surface area contributed by atoms with Crippen molar-refractivity contribution in [3.63, 3.8) is 0 Å². The molecule has 7 heteroatoms. The number of aromatic nitrogens is 4. The van der Waals surface area contributed by atoms with Gasteiger partial charge in [-0.15, -0.1) is 5.10 Å². The van der Waals surface area contributed by atoms with Gasteiger partial charge in [-0.25, -0.2) is 0 Å². The molecule has 0 atom stereocenters. The molecule has 2 rings (SSSR count). The van der Waals surface area contributed by atoms with E-state index in [1.165, 1.54) is 17.3 Å². The summed E-state index contributed by atoms with van der Waals surface area (Å²) in [6.07, 6.45) is 0. The number of nitrogens with one attached hydrogen (secondary N) is 1. The zero-order chi connectivity index (χ0) is 14.5. The van der Waals surface area contributed by atoms with E-state index in [-0.39, 0.29) is 5.91 Å². The number of hydrogen-bond donors (Lipinski definition) is 1. The summed E-state index contributed by atoms with van der Waals surface area (Å²) in [5.74, 6) is 0.284. The monoisotopic (exact) mass is 291 g/mol. The number of thioether (sulfide) groups is 1. The Morgan fingerprint density at radius 3 is 2.95 bits per heavy atom. The van der Waals surface area contributed by atoms with Crippen LogP contribution in [0.25, 0.3) is 5.69 Å². The molecule has 0 radical (unpaired) electrons. The first-order valence-corrected chi connectivity index (χ1v) is 7.36. The highest BCUT2D eigenvalue weighted by Crippen LogP contribution is 2.22. The summed E-state index contributed by atoms with van der Waals surface area (Å²) in [6.45, 7) is 6.60. The highest BCUT2D eigenvalue weighted by Gasteiger charge is 2.13. The number of tetrazole rings is 1. The van der Waals surface area contributed by atoms with Gasteiger partial charge in [0, 0.05) is 6.54 Å². The third-order valence-corrected chi connectivity index (χ3v) is 3.87. The summed E-state index contributed by atoms with van der Waals surface area (Å²) >= 11 is 1.33. The van der Waals surface area contributed by atoms with Crippen molar-refractivity contribution in [1.29, 1.82) is 0 Å². The van der Waals surface area contributed by atoms with Crippen LogP contribution in [0.15, 0.2) is 23.4 Å². The molecule has 0 aliphatic rings. The van der Waals surface area contributed by atoms with Gasteiger partial charge in [0.05, 0.1) is 11.4 Å². The molecule has 6 nitrogen and oxygen atoms in total. The number of carbonyl (C=O) groups is 1. The molecule has 1 aromatic heterocycles. The van der Waals surface area contributed by atoms with Crippen LogP contribution in [-0.2, 0) is 4.79 Å². The maximum absolute atomic E-state index is 11.5. The van der Waals surface area contributed by atoms with E-state index in [0.29, 0.717) is 17.5 Å². The number of benzene rings is 1. The fourth-order valence-corrected chi connectivity index (χ4v) is 2.48. The van der Waals surface area contributed by atoms with Gasteiger partial charge in [0.15, 0.2) is 0 Å². The molecule has 0 saturated carbocycles. The second kappa shape index (κ2) is 6.51. The lowest BCUT2D eigenvalue weighted by molar-refractivity contribution is -0.118. The Balaban J connectivity index is 2.20. The molecule has 0 unspecified atom stereocenters. The van der Waals surface area contributed by atoms with E-state index in [4.69, 9.17) is 0 Å². The Labute approximate surface area is 121 Å². The minimum Gasteiger partial charge on any atom is -0.356 e. The molecule has 1 N–H and O–H groups in total. The van der Waals surface area contributed by atoms with Crippen molar-refractivity contribution >= 4 is 17.7 Å². The van der Waals surface area contributed by atoms with E-state index in [2.05, 4.69) is 20.8 Å². The van der Waals surface area contributed by atoms with Crippen molar-refractivity contribution in [2.75, 3.05) is 12.3 Å². The van der Waals surface area contributed by atoms with E-state index >= 15 is 0 Å². The molecule has 106 valence electrons. The summed E-state index contributed by atoms with van der Waals surface area (Å²) in [6, 6.07) is 5.98. The van der Waals surface area contributed by atoms with Crippen LogP contribution in [-0.4, -0.2) is 38.4 Å². The van der Waals surface area contributed by atoms with Crippen molar-refractivity contribution in [3.8, 4) is 5.69 Å². The Morgan fingerprint density at radius 2 is 2.20 bits per heavy atom. The summed E-state index contributed by atoms with van der Waals surface area (Å²) in [5.41, 5.74) is 3.24. The van der Waals surface area contributed by atoms with E-state index in [1.54, 1.807) is 4.68 Å². The molecule has 1 amide bonds. The van der Waals surface area contributed by atoms with Gasteiger partial charge >= 0.3 is 0 Å². The van der Waals surface area contributed by atoms with Crippen LogP contribution in [0.4, 0.5) is 0 Å². The molecule has 0 saturated heterocycles. The third-order valence-electron chi connectivity index (χ3n) is 2.95. The predicted molar refractivity (Wildman–Crippen MR) is 78.0 cm³/mol. The molecular weight excluding hydrogens is 274 g/mol. The quantitative estimate of drug-likeness (QED) is 0.845. The molecule has 1 aromatic carbocycles. The average Bonchev–Trinajstić information content (AvgIpc) is 2.88. The number of aryl methyl sites for hydroxylation is 1. The molecule has 1 heterocycles. The lowest BCUT2D eigenvalue weighted by atomic mass is 10.1. The van der Waals surface area contributed by atoms with Crippen molar-refractivity contribution in [3.05, 3.63) is 29.3 Å². The van der Waals surface area contributed by atoms with Crippen LogP contribution in [0, 0.1) is 13.8 Å². The summed E-state index contributed by atoms with van der Waals surface area (Å²) in [7, 11) is 0. The molecule has 0 aliphatic carbocycles. The summed E-state index contributed by atoms with van der Waals surface area (Å²) in [5, 5.41) is 15.1. The van der Waals surface area contributed by atoms with Crippen molar-refractivity contribution in [2.45, 2.75) is 25.9 Å². The molecule has 2 aromatic rings. The van der Waals surface area contributed by atoms with Gasteiger partial charge in [0.25, 0.3) is 0 Å². The van der Waals surface area contributed by atoms with Crippen molar-refractivity contribution in [1.82, 2.24) is 25.5 Å². The number of amides is 1. The van der Waals surface area contributed by atoms with Crippen LogP contribution in [0.3, 0.4) is 0 Å². The number of hydrogen-bond acceptors (Lipinski definition) is 5. The van der Waals surface area contributed by atoms with Gasteiger partial charge < -0.3 is 5.32 Å². The van der Waals surface area contributed by atoms with E-state index < -0.39 is 0 Å². The minimum absolute atomic E-state index is 0.0204. The molecular formula is C13H17N5OS. The van der Waals surface area contributed by atoms with Gasteiger partial charge in [-0.05, 0) is 48.4 Å². The van der Waals surface area contributed by atoms with E-state index in [1.807, 2.05) is 39.0 Å². The fourth-order valence-electron chi connectivity index (χ4n) is 1.76. The van der Waals surface area contributed by atoms with Crippen LogP contribution >= 0.6 is 11.8 Å². The van der Waals surface area contributed by atoms with E-state index in [9.17, 15) is 4.79 Å². The number of carbonyl (C=O) groups excluding carboxylic acids is 1. The Kier molecular flexibility index (Phi) is 4.73. The fraction of sp³-hybridized carbons (Fsp3) is 0.385. The van der Waals surface area contributed by atoms with E-state index in [0.717, 1.165) is 11.3 Å². The molecule has 20 heavy (non-hydrogen) atoms. The SMILES string of the molecule is CCNC(=O)CSc1nnnn1-c1cccc(C)c1C. The zero-order valence-electron chi connectivity index (χ0n) is 11.8. The smallest absolute Gasteiger partial charge is 0.230 e. The second-order valence-electron chi connectivity index (χ2n) is 4.33. The largest absolute Gasteiger partial charge is 0.356 e. The van der Waals surface area contributed by atoms with Gasteiger partial charge in [-0.3, -0.25) is 4.79 Å². The predicted octanol–water partition coefficient (Wildman–Crippen LogP) is 1.51. The van der Waals surface area contributed by atoms with Crippen LogP contribution in [0.1, 0.15) is 18.1 Å². The third kappa shape index (κ3) is 3.16. The van der Waals surface area contributed by atoms with Gasteiger partial charge in [0.1, 0.15) is 0 Å². The standard InChI is InChI=1S/C13H17N5OS/c1-4-14-12(19)8-20-13-15-16-17-18(13)11-7-5-6-9(2)10(11)3/h5-7H,4,8H2,1-3H3,(H,14,19). The maximum Gasteiger partial charge on any atom is 0.230 e. The second-order valence-corrected chi connectivity index (χ2v) is 5.28. The lowest BCUT2D eigenvalue weighted by Gasteiger charge is -2.09. The lowest BCUT2D eigenvalue weighted by Crippen LogP contribution is -2.24. The van der Waals surface area contributed by atoms with Crippen molar-refractivity contribution in [2.24, 2.45) is 0 Å². The molecule has 0 fully saturated rings. The highest BCUT2D eigenvalue weighted by atomic mass is 32.2.